The summed E-state index contributed by atoms with van der Waals surface area (Å²) in [6, 6.07) is 18.0. The van der Waals surface area contributed by atoms with Gasteiger partial charge < -0.3 is 18.7 Å². The van der Waals surface area contributed by atoms with Crippen LogP contribution in [0.1, 0.15) is 54.5 Å². The molecule has 0 fully saturated rings. The number of carboxylic acids is 1. The zero-order valence-corrected chi connectivity index (χ0v) is 18.5. The predicted octanol–water partition coefficient (Wildman–Crippen LogP) is 6.45. The first-order chi connectivity index (χ1) is 16.0. The largest absolute Gasteiger partial charge is 0.485 e. The first kappa shape index (κ1) is 22.4. The highest BCUT2D eigenvalue weighted by Gasteiger charge is 2.15. The van der Waals surface area contributed by atoms with Gasteiger partial charge in [0, 0.05) is 17.5 Å². The molecule has 33 heavy (non-hydrogen) atoms. The average Bonchev–Trinajstić information content (AvgIpc) is 3.30. The van der Waals surface area contributed by atoms with Crippen molar-refractivity contribution in [2.75, 3.05) is 0 Å². The topological polar surface area (TPSA) is 89.9 Å². The molecular weight excluding hydrogens is 420 g/mol. The van der Waals surface area contributed by atoms with Crippen molar-refractivity contribution >= 4 is 16.9 Å². The lowest BCUT2D eigenvalue weighted by Crippen LogP contribution is -2.02. The molecule has 4 rings (SSSR count). The van der Waals surface area contributed by atoms with Crippen LogP contribution in [0.4, 0.5) is 0 Å². The molecule has 0 aliphatic rings. The van der Waals surface area contributed by atoms with Gasteiger partial charge in [-0.1, -0.05) is 56.5 Å². The van der Waals surface area contributed by atoms with E-state index in [4.69, 9.17) is 18.7 Å². The molecule has 0 bridgehead atoms. The fraction of sp³-hybridized carbons (Fsp3) is 0.259. The van der Waals surface area contributed by atoms with Gasteiger partial charge in [0.1, 0.15) is 23.7 Å². The molecule has 0 aliphatic carbocycles. The first-order valence-corrected chi connectivity index (χ1v) is 11.2. The van der Waals surface area contributed by atoms with Gasteiger partial charge in [-0.3, -0.25) is 0 Å². The Bertz CT molecular complexity index is 1300. The lowest BCUT2D eigenvalue weighted by Gasteiger charge is -2.14. The lowest BCUT2D eigenvalue weighted by molar-refractivity contribution is 0.0658. The quantitative estimate of drug-likeness (QED) is 0.222. The van der Waals surface area contributed by atoms with Gasteiger partial charge in [0.25, 0.3) is 0 Å². The van der Waals surface area contributed by atoms with E-state index in [-0.39, 0.29) is 12.4 Å². The van der Waals surface area contributed by atoms with Crippen LogP contribution in [0.2, 0.25) is 0 Å². The Morgan fingerprint density at radius 3 is 2.52 bits per heavy atom. The van der Waals surface area contributed by atoms with E-state index in [1.54, 1.807) is 12.1 Å². The van der Waals surface area contributed by atoms with E-state index in [1.807, 2.05) is 36.4 Å². The fourth-order valence-electron chi connectivity index (χ4n) is 3.88. The molecule has 0 aliphatic heterocycles. The van der Waals surface area contributed by atoms with Gasteiger partial charge >= 0.3 is 11.6 Å². The van der Waals surface area contributed by atoms with Crippen molar-refractivity contribution < 1.29 is 23.5 Å². The third kappa shape index (κ3) is 5.34. The molecule has 0 saturated carbocycles. The smallest absolute Gasteiger partial charge is 0.371 e. The van der Waals surface area contributed by atoms with E-state index in [9.17, 15) is 9.59 Å². The maximum absolute atomic E-state index is 12.3. The summed E-state index contributed by atoms with van der Waals surface area (Å²) in [5.74, 6) is -0.256. The van der Waals surface area contributed by atoms with Crippen molar-refractivity contribution in [2.45, 2.75) is 45.6 Å². The van der Waals surface area contributed by atoms with Crippen molar-refractivity contribution in [1.29, 1.82) is 0 Å². The molecule has 170 valence electrons. The van der Waals surface area contributed by atoms with Crippen molar-refractivity contribution in [3.63, 3.8) is 0 Å². The number of aryl methyl sites for hydroxylation is 1. The molecule has 0 radical (unpaired) electrons. The van der Waals surface area contributed by atoms with Crippen LogP contribution in [-0.4, -0.2) is 11.1 Å². The van der Waals surface area contributed by atoms with Crippen molar-refractivity contribution in [2.24, 2.45) is 0 Å². The molecule has 6 heteroatoms. The summed E-state index contributed by atoms with van der Waals surface area (Å²) >= 11 is 0. The number of hydrogen-bond donors (Lipinski definition) is 1. The van der Waals surface area contributed by atoms with Gasteiger partial charge in [-0.15, -0.1) is 0 Å². The van der Waals surface area contributed by atoms with Crippen LogP contribution >= 0.6 is 0 Å². The molecule has 0 amide bonds. The maximum Gasteiger partial charge on any atom is 0.371 e. The molecular formula is C27H26O6. The number of hydrogen-bond acceptors (Lipinski definition) is 5. The summed E-state index contributed by atoms with van der Waals surface area (Å²) in [5.41, 5.74) is 2.78. The highest BCUT2D eigenvalue weighted by atomic mass is 16.5. The second-order valence-electron chi connectivity index (χ2n) is 7.97. The van der Waals surface area contributed by atoms with Gasteiger partial charge in [-0.25, -0.2) is 9.59 Å². The van der Waals surface area contributed by atoms with Gasteiger partial charge in [-0.05, 0) is 47.7 Å². The normalized spacial score (nSPS) is 11.1. The number of carboxylic acid groups (broad SMARTS) is 1. The minimum absolute atomic E-state index is 0.0728. The molecule has 2 aromatic carbocycles. The monoisotopic (exact) mass is 446 g/mol. The van der Waals surface area contributed by atoms with Crippen LogP contribution in [0.3, 0.4) is 0 Å². The van der Waals surface area contributed by atoms with Crippen LogP contribution in [0.15, 0.2) is 74.3 Å². The molecule has 2 heterocycles. The Morgan fingerprint density at radius 2 is 1.79 bits per heavy atom. The van der Waals surface area contributed by atoms with Crippen LogP contribution in [0.5, 0.6) is 5.75 Å². The van der Waals surface area contributed by atoms with E-state index in [0.717, 1.165) is 54.2 Å². The Morgan fingerprint density at radius 1 is 0.970 bits per heavy atom. The molecule has 0 spiro atoms. The van der Waals surface area contributed by atoms with Gasteiger partial charge in [0.2, 0.25) is 5.76 Å². The zero-order valence-electron chi connectivity index (χ0n) is 18.5. The number of ether oxygens (including phenoxy) is 1. The van der Waals surface area contributed by atoms with Gasteiger partial charge in [0.05, 0.1) is 0 Å². The number of carbonyl (C=O) groups is 1. The fourth-order valence-corrected chi connectivity index (χ4v) is 3.88. The van der Waals surface area contributed by atoms with Gasteiger partial charge in [-0.2, -0.15) is 0 Å². The summed E-state index contributed by atoms with van der Waals surface area (Å²) in [6.07, 6.45) is 5.25. The Labute approximate surface area is 191 Å². The predicted molar refractivity (Wildman–Crippen MR) is 126 cm³/mol. The Balaban J connectivity index is 1.71. The molecule has 4 aromatic rings. The minimum atomic E-state index is -1.13. The second kappa shape index (κ2) is 10.2. The third-order valence-corrected chi connectivity index (χ3v) is 5.55. The zero-order chi connectivity index (χ0) is 23.2. The van der Waals surface area contributed by atoms with Crippen LogP contribution < -0.4 is 10.4 Å². The molecule has 2 aromatic heterocycles. The summed E-state index contributed by atoms with van der Waals surface area (Å²) in [6.45, 7) is 2.25. The summed E-state index contributed by atoms with van der Waals surface area (Å²) in [7, 11) is 0. The average molecular weight is 446 g/mol. The minimum Gasteiger partial charge on any atom is -0.485 e. The number of benzene rings is 2. The van der Waals surface area contributed by atoms with E-state index in [1.165, 1.54) is 12.1 Å². The lowest BCUT2D eigenvalue weighted by atomic mass is 9.98. The van der Waals surface area contributed by atoms with E-state index in [0.29, 0.717) is 17.1 Å². The highest BCUT2D eigenvalue weighted by Crippen LogP contribution is 2.33. The van der Waals surface area contributed by atoms with Crippen LogP contribution in [0.25, 0.3) is 22.1 Å². The Kier molecular flexibility index (Phi) is 6.93. The van der Waals surface area contributed by atoms with E-state index < -0.39 is 11.6 Å². The van der Waals surface area contributed by atoms with Crippen molar-refractivity contribution in [1.82, 2.24) is 0 Å². The van der Waals surface area contributed by atoms with Crippen molar-refractivity contribution in [3.8, 4) is 16.9 Å². The molecule has 1 N–H and O–H groups in total. The number of rotatable bonds is 10. The maximum atomic E-state index is 12.3. The summed E-state index contributed by atoms with van der Waals surface area (Å²) < 4.78 is 16.8. The first-order valence-electron chi connectivity index (χ1n) is 11.2. The molecule has 0 unspecified atom stereocenters. The number of unbranched alkanes of at least 4 members (excludes halogenated alkanes) is 3. The van der Waals surface area contributed by atoms with E-state index in [2.05, 4.69) is 6.92 Å². The molecule has 0 saturated heterocycles. The van der Waals surface area contributed by atoms with Crippen LogP contribution in [-0.2, 0) is 13.0 Å². The molecule has 6 nitrogen and oxygen atoms in total. The van der Waals surface area contributed by atoms with Crippen LogP contribution in [0, 0.1) is 0 Å². The number of fused-ring (bicyclic) bond motifs is 1. The summed E-state index contributed by atoms with van der Waals surface area (Å²) in [4.78, 5) is 23.4. The van der Waals surface area contributed by atoms with Crippen molar-refractivity contribution in [3.05, 3.63) is 88.2 Å². The van der Waals surface area contributed by atoms with Gasteiger partial charge in [0.15, 0.2) is 0 Å². The number of aromatic carboxylic acids is 1. The van der Waals surface area contributed by atoms with E-state index >= 15 is 0 Å². The number of furan rings is 1. The second-order valence-corrected chi connectivity index (χ2v) is 7.97. The Hall–Kier alpha value is -3.80. The summed E-state index contributed by atoms with van der Waals surface area (Å²) in [5, 5.41) is 9.91. The highest BCUT2D eigenvalue weighted by molar-refractivity contribution is 5.94. The SMILES string of the molecule is CCCCCCc1cc2c(-c3ccccc3)cc(=O)oc2cc1OCc1ccc(C(=O)O)o1. The third-order valence-electron chi connectivity index (χ3n) is 5.55. The molecule has 0 atom stereocenters. The standard InChI is InChI=1S/C27H26O6/c1-2-3-4-6-11-19-14-22-21(18-9-7-5-8-10-18)15-26(28)33-25(22)16-24(19)31-17-20-12-13-23(32-20)27(29)30/h5,7-10,12-16H,2-4,6,11,17H2,1H3,(H,29,30).